The number of nitrogen functional groups attached to an aromatic ring is 1. The Balaban J connectivity index is 1.88. The van der Waals surface area contributed by atoms with Gasteiger partial charge in [-0.1, -0.05) is 24.3 Å². The Kier molecular flexibility index (Phi) is 3.69. The third-order valence-corrected chi connectivity index (χ3v) is 4.36. The zero-order valence-corrected chi connectivity index (χ0v) is 14.0. The Labute approximate surface area is 153 Å². The van der Waals surface area contributed by atoms with Crippen LogP contribution < -0.4 is 11.3 Å². The number of benzene rings is 2. The molecule has 2 aromatic heterocycles. The largest absolute Gasteiger partial charge is 0.384 e. The normalized spacial score (nSPS) is 10.4. The van der Waals surface area contributed by atoms with Gasteiger partial charge in [-0.25, -0.2) is 4.98 Å². The van der Waals surface area contributed by atoms with E-state index in [-0.39, 0.29) is 22.5 Å². The van der Waals surface area contributed by atoms with Crippen molar-refractivity contribution in [3.05, 3.63) is 76.3 Å². The Morgan fingerprint density at radius 3 is 2.41 bits per heavy atom. The minimum absolute atomic E-state index is 0.0545. The number of H-pyrrole nitrogens is 1. The van der Waals surface area contributed by atoms with Crippen LogP contribution in [-0.2, 0) is 0 Å². The molecule has 128 valence electrons. The fourth-order valence-corrected chi connectivity index (χ4v) is 3.09. The minimum atomic E-state index is -0.617. The second kappa shape index (κ2) is 6.17. The fourth-order valence-electron chi connectivity index (χ4n) is 3.09. The average Bonchev–Trinajstić information content (AvgIpc) is 3.12. The van der Waals surface area contributed by atoms with Crippen LogP contribution >= 0.6 is 0 Å². The molecule has 0 aliphatic rings. The van der Waals surface area contributed by atoms with Crippen molar-refractivity contribution in [1.82, 2.24) is 14.5 Å². The maximum absolute atomic E-state index is 12.1. The first-order valence-electron chi connectivity index (χ1n) is 8.03. The summed E-state index contributed by atoms with van der Waals surface area (Å²) < 4.78 is 1.93. The van der Waals surface area contributed by atoms with Gasteiger partial charge in [0.2, 0.25) is 0 Å². The molecule has 0 radical (unpaired) electrons. The van der Waals surface area contributed by atoms with E-state index < -0.39 is 5.56 Å². The van der Waals surface area contributed by atoms with Crippen LogP contribution in [0, 0.1) is 22.7 Å². The third kappa shape index (κ3) is 2.51. The number of para-hydroxylation sites is 2. The topological polar surface area (TPSA) is 124 Å². The van der Waals surface area contributed by atoms with E-state index in [4.69, 9.17) is 5.73 Å². The molecule has 0 saturated heterocycles. The van der Waals surface area contributed by atoms with Crippen molar-refractivity contribution in [2.24, 2.45) is 0 Å². The van der Waals surface area contributed by atoms with Crippen molar-refractivity contribution in [3.8, 4) is 29.0 Å². The van der Waals surface area contributed by atoms with E-state index in [0.29, 0.717) is 5.56 Å². The van der Waals surface area contributed by atoms with E-state index in [1.807, 2.05) is 53.1 Å². The molecule has 0 unspecified atom stereocenters. The number of hydrogen-bond donors (Lipinski definition) is 2. The quantitative estimate of drug-likeness (QED) is 0.574. The molecular formula is C20H12N6O. The standard InChI is InChI=1S/C20H12N6O/c21-9-14-18(15(10-22)20(27)25-19(14)23)12-5-7-13(8-6-12)26-11-24-16-3-1-2-4-17(16)26/h1-8,11H,(H3,23,25,27). The van der Waals surface area contributed by atoms with Crippen LogP contribution in [0.5, 0.6) is 0 Å². The number of imidazole rings is 1. The molecule has 3 N–H and O–H groups in total. The molecule has 4 aromatic rings. The summed E-state index contributed by atoms with van der Waals surface area (Å²) in [6.07, 6.45) is 1.73. The van der Waals surface area contributed by atoms with Crippen molar-refractivity contribution >= 4 is 16.9 Å². The molecule has 2 aromatic carbocycles. The molecule has 0 fully saturated rings. The van der Waals surface area contributed by atoms with Crippen LogP contribution in [-0.4, -0.2) is 14.5 Å². The van der Waals surface area contributed by atoms with Gasteiger partial charge in [-0.15, -0.1) is 0 Å². The highest BCUT2D eigenvalue weighted by Gasteiger charge is 2.18. The molecule has 0 aliphatic heterocycles. The van der Waals surface area contributed by atoms with Gasteiger partial charge in [-0.3, -0.25) is 9.36 Å². The molecule has 27 heavy (non-hydrogen) atoms. The predicted molar refractivity (Wildman–Crippen MR) is 101 cm³/mol. The summed E-state index contributed by atoms with van der Waals surface area (Å²) in [6.45, 7) is 0. The van der Waals surface area contributed by atoms with E-state index in [1.165, 1.54) is 0 Å². The average molecular weight is 352 g/mol. The van der Waals surface area contributed by atoms with Gasteiger partial charge in [0.05, 0.1) is 11.0 Å². The molecule has 0 aliphatic carbocycles. The van der Waals surface area contributed by atoms with E-state index in [9.17, 15) is 15.3 Å². The zero-order chi connectivity index (χ0) is 19.0. The van der Waals surface area contributed by atoms with Crippen molar-refractivity contribution < 1.29 is 0 Å². The Bertz CT molecular complexity index is 1320. The number of pyridine rings is 1. The molecule has 0 amide bonds. The molecule has 0 saturated carbocycles. The number of anilines is 1. The van der Waals surface area contributed by atoms with Crippen molar-refractivity contribution in [2.45, 2.75) is 0 Å². The SMILES string of the molecule is N#Cc1c(N)[nH]c(=O)c(C#N)c1-c1ccc(-n2cnc3ccccc32)cc1. The Morgan fingerprint density at radius 2 is 1.70 bits per heavy atom. The van der Waals surface area contributed by atoms with Gasteiger partial charge in [-0.2, -0.15) is 10.5 Å². The lowest BCUT2D eigenvalue weighted by Gasteiger charge is -2.10. The fraction of sp³-hybridized carbons (Fsp3) is 0. The van der Waals surface area contributed by atoms with Gasteiger partial charge in [0.25, 0.3) is 5.56 Å². The van der Waals surface area contributed by atoms with Gasteiger partial charge < -0.3 is 10.7 Å². The zero-order valence-electron chi connectivity index (χ0n) is 14.0. The molecule has 2 heterocycles. The summed E-state index contributed by atoms with van der Waals surface area (Å²) in [5, 5.41) is 18.8. The van der Waals surface area contributed by atoms with Crippen LogP contribution in [0.2, 0.25) is 0 Å². The molecule has 0 spiro atoms. The first-order chi connectivity index (χ1) is 13.1. The van der Waals surface area contributed by atoms with Gasteiger partial charge in [0.15, 0.2) is 0 Å². The number of rotatable bonds is 2. The van der Waals surface area contributed by atoms with E-state index in [1.54, 1.807) is 18.5 Å². The molecular weight excluding hydrogens is 340 g/mol. The van der Waals surface area contributed by atoms with Crippen LogP contribution in [0.3, 0.4) is 0 Å². The molecule has 0 atom stereocenters. The lowest BCUT2D eigenvalue weighted by molar-refractivity contribution is 1.09. The summed E-state index contributed by atoms with van der Waals surface area (Å²) in [5.74, 6) is -0.0545. The van der Waals surface area contributed by atoms with Gasteiger partial charge >= 0.3 is 0 Å². The number of aromatic nitrogens is 3. The number of fused-ring (bicyclic) bond motifs is 1. The first kappa shape index (κ1) is 16.1. The molecule has 0 bridgehead atoms. The number of nitriles is 2. The molecule has 7 heteroatoms. The van der Waals surface area contributed by atoms with Crippen LogP contribution in [0.1, 0.15) is 11.1 Å². The number of nitrogens with one attached hydrogen (secondary N) is 1. The summed E-state index contributed by atoms with van der Waals surface area (Å²) in [6, 6.07) is 18.8. The predicted octanol–water partition coefficient (Wildman–Crippen LogP) is 2.71. The van der Waals surface area contributed by atoms with Crippen molar-refractivity contribution in [3.63, 3.8) is 0 Å². The Hall–Kier alpha value is -4.36. The maximum Gasteiger partial charge on any atom is 0.268 e. The number of nitrogens with zero attached hydrogens (tertiary/aromatic N) is 4. The monoisotopic (exact) mass is 352 g/mol. The lowest BCUT2D eigenvalue weighted by Crippen LogP contribution is -2.16. The minimum Gasteiger partial charge on any atom is -0.384 e. The first-order valence-corrected chi connectivity index (χ1v) is 8.03. The van der Waals surface area contributed by atoms with Gasteiger partial charge in [-0.05, 0) is 29.8 Å². The summed E-state index contributed by atoms with van der Waals surface area (Å²) in [7, 11) is 0. The van der Waals surface area contributed by atoms with Crippen LogP contribution in [0.4, 0.5) is 5.82 Å². The van der Waals surface area contributed by atoms with Gasteiger partial charge in [0.1, 0.15) is 35.4 Å². The number of nitrogens with two attached hydrogens (primary N) is 1. The summed E-state index contributed by atoms with van der Waals surface area (Å²) in [4.78, 5) is 18.8. The summed E-state index contributed by atoms with van der Waals surface area (Å²) in [5.41, 5.74) is 8.59. The second-order valence-corrected chi connectivity index (χ2v) is 5.87. The van der Waals surface area contributed by atoms with E-state index in [2.05, 4.69) is 9.97 Å². The third-order valence-electron chi connectivity index (χ3n) is 4.36. The highest BCUT2D eigenvalue weighted by molar-refractivity contribution is 5.81. The van der Waals surface area contributed by atoms with Crippen molar-refractivity contribution in [1.29, 1.82) is 10.5 Å². The number of hydrogen-bond acceptors (Lipinski definition) is 5. The van der Waals surface area contributed by atoms with E-state index in [0.717, 1.165) is 16.7 Å². The smallest absolute Gasteiger partial charge is 0.268 e. The maximum atomic E-state index is 12.1. The lowest BCUT2D eigenvalue weighted by atomic mass is 9.96. The number of aromatic amines is 1. The highest BCUT2D eigenvalue weighted by atomic mass is 16.1. The highest BCUT2D eigenvalue weighted by Crippen LogP contribution is 2.29. The molecule has 4 rings (SSSR count). The second-order valence-electron chi connectivity index (χ2n) is 5.87. The van der Waals surface area contributed by atoms with Crippen LogP contribution in [0.15, 0.2) is 59.7 Å². The molecule has 7 nitrogen and oxygen atoms in total. The van der Waals surface area contributed by atoms with Crippen molar-refractivity contribution in [2.75, 3.05) is 5.73 Å². The summed E-state index contributed by atoms with van der Waals surface area (Å²) >= 11 is 0. The van der Waals surface area contributed by atoms with Crippen LogP contribution in [0.25, 0.3) is 27.8 Å². The van der Waals surface area contributed by atoms with E-state index >= 15 is 0 Å². The Morgan fingerprint density at radius 1 is 1.00 bits per heavy atom. The van der Waals surface area contributed by atoms with Gasteiger partial charge in [0, 0.05) is 11.3 Å².